The van der Waals surface area contributed by atoms with Gasteiger partial charge >= 0.3 is 0 Å². The van der Waals surface area contributed by atoms with Crippen LogP contribution in [0.5, 0.6) is 0 Å². The lowest BCUT2D eigenvalue weighted by atomic mass is 9.90. The molecule has 0 spiro atoms. The Bertz CT molecular complexity index is 380. The van der Waals surface area contributed by atoms with Gasteiger partial charge in [-0.3, -0.25) is 0 Å². The van der Waals surface area contributed by atoms with E-state index in [1.54, 1.807) is 11.3 Å². The maximum atomic E-state index is 5.88. The van der Waals surface area contributed by atoms with Gasteiger partial charge in [0.25, 0.3) is 0 Å². The van der Waals surface area contributed by atoms with E-state index in [1.165, 1.54) is 25.7 Å². The van der Waals surface area contributed by atoms with E-state index >= 15 is 0 Å². The number of rotatable bonds is 2. The molecule has 1 aromatic heterocycles. The zero-order valence-electron chi connectivity index (χ0n) is 9.97. The van der Waals surface area contributed by atoms with Gasteiger partial charge in [-0.2, -0.15) is 0 Å². The lowest BCUT2D eigenvalue weighted by Crippen LogP contribution is -2.52. The number of hydrogen-bond acceptors (Lipinski definition) is 5. The molecular weight excluding hydrogens is 234 g/mol. The highest BCUT2D eigenvalue weighted by molar-refractivity contribution is 7.13. The number of morpholine rings is 1. The largest absolute Gasteiger partial charge is 0.374 e. The molecule has 5 heteroatoms. The highest BCUT2D eigenvalue weighted by atomic mass is 32.1. The van der Waals surface area contributed by atoms with E-state index in [0.29, 0.717) is 18.7 Å². The van der Waals surface area contributed by atoms with Gasteiger partial charge in [0.2, 0.25) is 0 Å². The Hall–Kier alpha value is -0.650. The number of fused-ring (bicyclic) bond motifs is 1. The second-order valence-corrected chi connectivity index (χ2v) is 5.62. The molecule has 2 N–H and O–H groups in total. The summed E-state index contributed by atoms with van der Waals surface area (Å²) in [6.45, 7) is 2.34. The van der Waals surface area contributed by atoms with Crippen LogP contribution in [0.15, 0.2) is 5.38 Å². The molecule has 1 aliphatic carbocycles. The molecule has 0 radical (unpaired) electrons. The van der Waals surface area contributed by atoms with E-state index in [4.69, 9.17) is 10.5 Å². The van der Waals surface area contributed by atoms with Crippen molar-refractivity contribution < 1.29 is 4.74 Å². The van der Waals surface area contributed by atoms with Crippen LogP contribution in [0, 0.1) is 0 Å². The van der Waals surface area contributed by atoms with Gasteiger partial charge < -0.3 is 15.4 Å². The molecule has 94 valence electrons. The van der Waals surface area contributed by atoms with Crippen LogP contribution in [-0.2, 0) is 11.3 Å². The molecule has 1 saturated heterocycles. The molecule has 2 fully saturated rings. The van der Waals surface area contributed by atoms with Crippen molar-refractivity contribution in [1.29, 1.82) is 0 Å². The van der Waals surface area contributed by atoms with Crippen LogP contribution in [0.3, 0.4) is 0 Å². The molecule has 1 aliphatic heterocycles. The standard InChI is InChI=1S/C12H19N3OS/c13-7-9-8-17-12(14-9)15-5-6-16-11-4-2-1-3-10(11)15/h8,10-11H,1-7,13H2. The lowest BCUT2D eigenvalue weighted by molar-refractivity contribution is -0.00869. The second kappa shape index (κ2) is 4.92. The molecule has 0 bridgehead atoms. The molecule has 17 heavy (non-hydrogen) atoms. The van der Waals surface area contributed by atoms with E-state index in [-0.39, 0.29) is 0 Å². The summed E-state index contributed by atoms with van der Waals surface area (Å²) in [5.41, 5.74) is 6.63. The van der Waals surface area contributed by atoms with Crippen LogP contribution in [0.25, 0.3) is 0 Å². The minimum atomic E-state index is 0.419. The van der Waals surface area contributed by atoms with E-state index in [9.17, 15) is 0 Å². The van der Waals surface area contributed by atoms with Crippen LogP contribution < -0.4 is 10.6 Å². The molecule has 1 saturated carbocycles. The van der Waals surface area contributed by atoms with Crippen molar-refractivity contribution in [3.8, 4) is 0 Å². The summed E-state index contributed by atoms with van der Waals surface area (Å²) in [5, 5.41) is 3.20. The Kier molecular flexibility index (Phi) is 3.31. The predicted octanol–water partition coefficient (Wildman–Crippen LogP) is 1.75. The average Bonchev–Trinajstić information content (AvgIpc) is 2.87. The van der Waals surface area contributed by atoms with Crippen molar-refractivity contribution >= 4 is 16.5 Å². The first-order chi connectivity index (χ1) is 8.38. The minimum Gasteiger partial charge on any atom is -0.374 e. The van der Waals surface area contributed by atoms with Crippen molar-refractivity contribution in [2.24, 2.45) is 5.73 Å². The van der Waals surface area contributed by atoms with Crippen LogP contribution in [0.1, 0.15) is 31.4 Å². The summed E-state index contributed by atoms with van der Waals surface area (Å²) in [4.78, 5) is 7.05. The van der Waals surface area contributed by atoms with Crippen LogP contribution in [-0.4, -0.2) is 30.3 Å². The third-order valence-electron chi connectivity index (χ3n) is 3.73. The topological polar surface area (TPSA) is 51.4 Å². The zero-order chi connectivity index (χ0) is 11.7. The van der Waals surface area contributed by atoms with E-state index in [0.717, 1.165) is 24.0 Å². The molecule has 3 rings (SSSR count). The van der Waals surface area contributed by atoms with Crippen molar-refractivity contribution in [1.82, 2.24) is 4.98 Å². The highest BCUT2D eigenvalue weighted by Gasteiger charge is 2.35. The van der Waals surface area contributed by atoms with E-state index in [2.05, 4.69) is 15.3 Å². The Morgan fingerprint density at radius 1 is 1.47 bits per heavy atom. The molecule has 2 atom stereocenters. The van der Waals surface area contributed by atoms with Crippen molar-refractivity contribution in [2.75, 3.05) is 18.1 Å². The summed E-state index contributed by atoms with van der Waals surface area (Å²) in [5.74, 6) is 0. The van der Waals surface area contributed by atoms with Gasteiger partial charge in [-0.25, -0.2) is 4.98 Å². The van der Waals surface area contributed by atoms with Gasteiger partial charge in [-0.15, -0.1) is 11.3 Å². The van der Waals surface area contributed by atoms with Gasteiger partial charge in [-0.05, 0) is 12.8 Å². The molecule has 2 unspecified atom stereocenters. The van der Waals surface area contributed by atoms with Crippen LogP contribution in [0.4, 0.5) is 5.13 Å². The van der Waals surface area contributed by atoms with E-state index in [1.807, 2.05) is 0 Å². The quantitative estimate of drug-likeness (QED) is 0.872. The second-order valence-electron chi connectivity index (χ2n) is 4.78. The fourth-order valence-corrected chi connectivity index (χ4v) is 3.78. The summed E-state index contributed by atoms with van der Waals surface area (Å²) in [6, 6.07) is 0.536. The SMILES string of the molecule is NCc1csc(N2CCOC3CCCCC32)n1. The van der Waals surface area contributed by atoms with Gasteiger partial charge in [-0.1, -0.05) is 12.8 Å². The van der Waals surface area contributed by atoms with Crippen molar-refractivity contribution in [3.63, 3.8) is 0 Å². The number of thiazole rings is 1. The van der Waals surface area contributed by atoms with E-state index < -0.39 is 0 Å². The third-order valence-corrected chi connectivity index (χ3v) is 4.65. The summed E-state index contributed by atoms with van der Waals surface area (Å²) >= 11 is 1.72. The lowest BCUT2D eigenvalue weighted by Gasteiger charge is -2.43. The van der Waals surface area contributed by atoms with Crippen LogP contribution in [0.2, 0.25) is 0 Å². The number of nitrogens with zero attached hydrogens (tertiary/aromatic N) is 2. The first-order valence-electron chi connectivity index (χ1n) is 6.41. The summed E-state index contributed by atoms with van der Waals surface area (Å²) in [6.07, 6.45) is 5.48. The Morgan fingerprint density at radius 2 is 2.35 bits per heavy atom. The maximum Gasteiger partial charge on any atom is 0.185 e. The number of aromatic nitrogens is 1. The summed E-state index contributed by atoms with van der Waals surface area (Å²) < 4.78 is 5.88. The van der Waals surface area contributed by atoms with Crippen molar-refractivity contribution in [2.45, 2.75) is 44.4 Å². The molecule has 1 aromatic rings. The number of hydrogen-bond donors (Lipinski definition) is 1. The summed E-state index contributed by atoms with van der Waals surface area (Å²) in [7, 11) is 0. The monoisotopic (exact) mass is 253 g/mol. The van der Waals surface area contributed by atoms with Crippen LogP contribution >= 0.6 is 11.3 Å². The van der Waals surface area contributed by atoms with Gasteiger partial charge in [0.05, 0.1) is 24.4 Å². The smallest absolute Gasteiger partial charge is 0.185 e. The molecule has 0 amide bonds. The van der Waals surface area contributed by atoms with Gasteiger partial charge in [0, 0.05) is 18.5 Å². The Balaban J connectivity index is 1.80. The molecule has 2 aliphatic rings. The molecular formula is C12H19N3OS. The maximum absolute atomic E-state index is 5.88. The molecule has 4 nitrogen and oxygen atoms in total. The highest BCUT2D eigenvalue weighted by Crippen LogP contribution is 2.33. The number of anilines is 1. The fraction of sp³-hybridized carbons (Fsp3) is 0.750. The first kappa shape index (κ1) is 11.4. The predicted molar refractivity (Wildman–Crippen MR) is 69.3 cm³/mol. The Morgan fingerprint density at radius 3 is 3.18 bits per heavy atom. The fourth-order valence-electron chi connectivity index (χ4n) is 2.86. The Labute approximate surface area is 106 Å². The molecule has 2 heterocycles. The minimum absolute atomic E-state index is 0.419. The third kappa shape index (κ3) is 2.19. The van der Waals surface area contributed by atoms with Crippen molar-refractivity contribution in [3.05, 3.63) is 11.1 Å². The van der Waals surface area contributed by atoms with Gasteiger partial charge in [0.1, 0.15) is 0 Å². The molecule has 0 aromatic carbocycles. The van der Waals surface area contributed by atoms with Gasteiger partial charge in [0.15, 0.2) is 5.13 Å². The average molecular weight is 253 g/mol. The number of nitrogens with two attached hydrogens (primary N) is 1. The normalized spacial score (nSPS) is 29.1. The zero-order valence-corrected chi connectivity index (χ0v) is 10.8. The first-order valence-corrected chi connectivity index (χ1v) is 7.29. The number of ether oxygens (including phenoxy) is 1.